The minimum atomic E-state index is -2.73. The normalized spacial score (nSPS) is 25.0. The Morgan fingerprint density at radius 1 is 1.24 bits per heavy atom. The molecule has 3 aliphatic rings. The van der Waals surface area contributed by atoms with Crippen molar-refractivity contribution in [3.63, 3.8) is 0 Å². The van der Waals surface area contributed by atoms with Gasteiger partial charge in [0.15, 0.2) is 17.2 Å². The molecule has 0 atom stereocenters. The summed E-state index contributed by atoms with van der Waals surface area (Å²) >= 11 is 0. The highest BCUT2D eigenvalue weighted by Gasteiger charge is 2.70. The summed E-state index contributed by atoms with van der Waals surface area (Å²) in [5.74, 6) is 0.130. The predicted octanol–water partition coefficient (Wildman–Crippen LogP) is 4.24. The lowest BCUT2D eigenvalue weighted by molar-refractivity contribution is -0.159. The highest BCUT2D eigenvalue weighted by atomic mass is 19.3. The van der Waals surface area contributed by atoms with E-state index in [4.69, 9.17) is 4.74 Å². The van der Waals surface area contributed by atoms with E-state index in [9.17, 15) is 18.0 Å². The lowest BCUT2D eigenvalue weighted by Gasteiger charge is -2.65. The number of ketones is 1. The van der Waals surface area contributed by atoms with Crippen LogP contribution < -0.4 is 4.74 Å². The van der Waals surface area contributed by atoms with Crippen molar-refractivity contribution >= 4 is 11.4 Å². The van der Waals surface area contributed by atoms with E-state index in [1.807, 2.05) is 6.20 Å². The van der Waals surface area contributed by atoms with E-state index in [1.165, 1.54) is 25.3 Å². The summed E-state index contributed by atoms with van der Waals surface area (Å²) in [5, 5.41) is 0. The van der Waals surface area contributed by atoms with E-state index in [-0.39, 0.29) is 23.3 Å². The number of nitrogens with zero attached hydrogens (tertiary/aromatic N) is 3. The van der Waals surface area contributed by atoms with E-state index >= 15 is 0 Å². The van der Waals surface area contributed by atoms with Crippen molar-refractivity contribution in [3.05, 3.63) is 59.3 Å². The van der Waals surface area contributed by atoms with Crippen LogP contribution in [0.15, 0.2) is 36.7 Å². The molecule has 150 valence electrons. The van der Waals surface area contributed by atoms with Crippen LogP contribution in [-0.2, 0) is 11.8 Å². The fourth-order valence-corrected chi connectivity index (χ4v) is 4.57. The number of alkyl halides is 3. The Kier molecular flexibility index (Phi) is 3.78. The van der Waals surface area contributed by atoms with Crippen LogP contribution in [0.25, 0.3) is 5.65 Å². The standard InChI is InChI=1S/C21H18F3N3O2/c1-29-16-6-12(5-15(28)13-3-2-4-14(25-13)18(22)23)7-27-8-17(26-19(16)27)20-9-21(24,10-20)11-20/h2-4,6-8,18H,5,9-11H2,1H3. The minimum Gasteiger partial charge on any atom is -0.493 e. The summed E-state index contributed by atoms with van der Waals surface area (Å²) in [7, 11) is 1.51. The summed E-state index contributed by atoms with van der Waals surface area (Å²) in [5.41, 5.74) is 0.465. The molecule has 0 spiro atoms. The van der Waals surface area contributed by atoms with Crippen molar-refractivity contribution in [2.75, 3.05) is 7.11 Å². The number of aromatic nitrogens is 3. The smallest absolute Gasteiger partial charge is 0.280 e. The molecule has 8 heteroatoms. The van der Waals surface area contributed by atoms with Gasteiger partial charge in [0, 0.05) is 24.2 Å². The molecule has 3 aliphatic carbocycles. The Morgan fingerprint density at radius 3 is 2.66 bits per heavy atom. The second-order valence-electron chi connectivity index (χ2n) is 8.08. The lowest BCUT2D eigenvalue weighted by atomic mass is 9.41. The van der Waals surface area contributed by atoms with Gasteiger partial charge in [0.05, 0.1) is 12.8 Å². The van der Waals surface area contributed by atoms with Crippen molar-refractivity contribution in [3.8, 4) is 5.75 Å². The van der Waals surface area contributed by atoms with Gasteiger partial charge in [0.1, 0.15) is 17.1 Å². The molecule has 6 rings (SSSR count). The van der Waals surface area contributed by atoms with Gasteiger partial charge >= 0.3 is 0 Å². The maximum absolute atomic E-state index is 13.9. The fraction of sp³-hybridized carbons (Fsp3) is 0.381. The number of hydrogen-bond acceptors (Lipinski definition) is 4. The first-order valence-corrected chi connectivity index (χ1v) is 9.34. The second kappa shape index (κ2) is 6.05. The molecule has 0 amide bonds. The van der Waals surface area contributed by atoms with Crippen LogP contribution >= 0.6 is 0 Å². The molecule has 0 unspecified atom stereocenters. The molecule has 3 fully saturated rings. The van der Waals surface area contributed by atoms with Gasteiger partial charge in [-0.1, -0.05) is 6.07 Å². The zero-order valence-electron chi connectivity index (χ0n) is 15.7. The molecule has 3 heterocycles. The first-order chi connectivity index (χ1) is 13.8. The zero-order valence-corrected chi connectivity index (χ0v) is 15.7. The summed E-state index contributed by atoms with van der Waals surface area (Å²) in [6.45, 7) is 0. The Balaban J connectivity index is 1.44. The van der Waals surface area contributed by atoms with Gasteiger partial charge in [-0.3, -0.25) is 4.79 Å². The van der Waals surface area contributed by atoms with Gasteiger partial charge in [-0.05, 0) is 43.0 Å². The largest absolute Gasteiger partial charge is 0.493 e. The van der Waals surface area contributed by atoms with Crippen LogP contribution in [0.3, 0.4) is 0 Å². The summed E-state index contributed by atoms with van der Waals surface area (Å²) in [4.78, 5) is 21.0. The Hall–Kier alpha value is -2.90. The number of methoxy groups -OCH3 is 1. The molecule has 5 nitrogen and oxygen atoms in total. The van der Waals surface area contributed by atoms with Crippen molar-refractivity contribution < 1.29 is 22.7 Å². The van der Waals surface area contributed by atoms with Crippen molar-refractivity contribution in [1.82, 2.24) is 14.4 Å². The molecule has 29 heavy (non-hydrogen) atoms. The van der Waals surface area contributed by atoms with Gasteiger partial charge in [0.2, 0.25) is 0 Å². The Bertz CT molecular complexity index is 1120. The number of halogens is 3. The van der Waals surface area contributed by atoms with Crippen LogP contribution in [0.4, 0.5) is 13.2 Å². The number of ether oxygens (including phenoxy) is 1. The van der Waals surface area contributed by atoms with Gasteiger partial charge in [-0.25, -0.2) is 23.1 Å². The number of hydrogen-bond donors (Lipinski definition) is 0. The van der Waals surface area contributed by atoms with E-state index in [1.54, 1.807) is 16.7 Å². The van der Waals surface area contributed by atoms with Crippen molar-refractivity contribution in [2.45, 2.75) is 43.2 Å². The average molecular weight is 401 g/mol. The van der Waals surface area contributed by atoms with Gasteiger partial charge in [0.25, 0.3) is 6.43 Å². The zero-order chi connectivity index (χ0) is 20.4. The molecule has 0 aromatic carbocycles. The van der Waals surface area contributed by atoms with E-state index in [0.717, 1.165) is 5.69 Å². The molecule has 0 aliphatic heterocycles. The molecule has 0 saturated heterocycles. The quantitative estimate of drug-likeness (QED) is 0.580. The fourth-order valence-electron chi connectivity index (χ4n) is 4.57. The number of carbonyl (C=O) groups is 1. The number of fused-ring (bicyclic) bond motifs is 1. The third-order valence-corrected chi connectivity index (χ3v) is 5.95. The molecule has 0 N–H and O–H groups in total. The SMILES string of the molecule is COc1cc(CC(=O)c2cccc(C(F)F)n2)cn2cc(C34CC(F)(C3)C4)nc12. The maximum Gasteiger partial charge on any atom is 0.280 e. The van der Waals surface area contributed by atoms with Crippen LogP contribution in [0.2, 0.25) is 0 Å². The summed E-state index contributed by atoms with van der Waals surface area (Å²) in [6.07, 6.45) is 2.39. The second-order valence-corrected chi connectivity index (χ2v) is 8.08. The number of imidazole rings is 1. The van der Waals surface area contributed by atoms with Crippen LogP contribution in [0, 0.1) is 0 Å². The summed E-state index contributed by atoms with van der Waals surface area (Å²) in [6, 6.07) is 5.72. The number of rotatable bonds is 6. The van der Waals surface area contributed by atoms with E-state index in [2.05, 4.69) is 9.97 Å². The van der Waals surface area contributed by atoms with E-state index in [0.29, 0.717) is 36.2 Å². The maximum atomic E-state index is 13.9. The van der Waals surface area contributed by atoms with Crippen molar-refractivity contribution in [2.24, 2.45) is 0 Å². The molecular formula is C21H18F3N3O2. The monoisotopic (exact) mass is 401 g/mol. The molecule has 2 bridgehead atoms. The first-order valence-electron chi connectivity index (χ1n) is 9.34. The van der Waals surface area contributed by atoms with Gasteiger partial charge in [-0.15, -0.1) is 0 Å². The van der Waals surface area contributed by atoms with Crippen LogP contribution in [0.1, 0.15) is 53.1 Å². The summed E-state index contributed by atoms with van der Waals surface area (Å²) < 4.78 is 46.8. The highest BCUT2D eigenvalue weighted by molar-refractivity contribution is 5.95. The topological polar surface area (TPSA) is 56.5 Å². The van der Waals surface area contributed by atoms with E-state index < -0.39 is 17.8 Å². The highest BCUT2D eigenvalue weighted by Crippen LogP contribution is 2.69. The Morgan fingerprint density at radius 2 is 2.00 bits per heavy atom. The molecular weight excluding hydrogens is 383 g/mol. The minimum absolute atomic E-state index is 0.00436. The number of pyridine rings is 2. The molecule has 3 aromatic heterocycles. The Labute approximate surface area is 164 Å². The first kappa shape index (κ1) is 18.1. The number of carbonyl (C=O) groups excluding carboxylic acids is 1. The third-order valence-electron chi connectivity index (χ3n) is 5.95. The van der Waals surface area contributed by atoms with Gasteiger partial charge in [-0.2, -0.15) is 0 Å². The molecule has 3 aromatic rings. The number of Topliss-reactive ketones (excluding diaryl/α,β-unsaturated/α-hetero) is 1. The lowest BCUT2D eigenvalue weighted by Crippen LogP contribution is -2.67. The third kappa shape index (κ3) is 2.81. The average Bonchev–Trinajstić information content (AvgIpc) is 3.08. The van der Waals surface area contributed by atoms with Crippen LogP contribution in [0.5, 0.6) is 5.75 Å². The van der Waals surface area contributed by atoms with Crippen molar-refractivity contribution in [1.29, 1.82) is 0 Å². The predicted molar refractivity (Wildman–Crippen MR) is 98.3 cm³/mol. The molecule has 0 radical (unpaired) electrons. The molecule has 3 saturated carbocycles. The van der Waals surface area contributed by atoms with Gasteiger partial charge < -0.3 is 9.14 Å². The van der Waals surface area contributed by atoms with Crippen LogP contribution in [-0.4, -0.2) is 32.9 Å².